The van der Waals surface area contributed by atoms with Gasteiger partial charge in [0.25, 0.3) is 0 Å². The Morgan fingerprint density at radius 3 is 2.72 bits per heavy atom. The average molecular weight is 248 g/mol. The second kappa shape index (κ2) is 8.31. The zero-order valence-corrected chi connectivity index (χ0v) is 10.7. The van der Waals surface area contributed by atoms with Crippen molar-refractivity contribution in [3.05, 3.63) is 35.9 Å². The van der Waals surface area contributed by atoms with E-state index < -0.39 is 0 Å². The number of hydrogen-bond acceptors (Lipinski definition) is 3. The molecule has 0 unspecified atom stereocenters. The molecule has 0 radical (unpaired) electrons. The minimum atomic E-state index is -0.0794. The molecule has 0 spiro atoms. The smallest absolute Gasteiger partial charge is 0.243 e. The number of benzene rings is 1. The van der Waals surface area contributed by atoms with Crippen LogP contribution in [0.3, 0.4) is 0 Å². The summed E-state index contributed by atoms with van der Waals surface area (Å²) in [5, 5.41) is 2.82. The number of anilines is 1. The molecule has 0 aromatic heterocycles. The van der Waals surface area contributed by atoms with E-state index in [-0.39, 0.29) is 5.91 Å². The fourth-order valence-electron chi connectivity index (χ4n) is 1.42. The van der Waals surface area contributed by atoms with Crippen LogP contribution in [0.1, 0.15) is 18.4 Å². The van der Waals surface area contributed by atoms with Gasteiger partial charge in [-0.05, 0) is 36.6 Å². The van der Waals surface area contributed by atoms with Crippen LogP contribution in [0.2, 0.25) is 0 Å². The number of hydrogen-bond donors (Lipinski definition) is 2. The van der Waals surface area contributed by atoms with E-state index in [0.717, 1.165) is 30.7 Å². The third kappa shape index (κ3) is 6.06. The molecule has 1 aromatic carbocycles. The molecule has 0 aliphatic carbocycles. The number of nitrogens with one attached hydrogen (secondary N) is 1. The Kier molecular flexibility index (Phi) is 6.58. The molecule has 0 aliphatic heterocycles. The maximum absolute atomic E-state index is 11.5. The number of carbonyl (C=O) groups excluding carboxylic acids is 1. The van der Waals surface area contributed by atoms with Crippen LogP contribution in [0.5, 0.6) is 0 Å². The maximum atomic E-state index is 11.5. The Morgan fingerprint density at radius 2 is 2.06 bits per heavy atom. The highest BCUT2D eigenvalue weighted by molar-refractivity contribution is 5.91. The van der Waals surface area contributed by atoms with Gasteiger partial charge in [0.15, 0.2) is 0 Å². The summed E-state index contributed by atoms with van der Waals surface area (Å²) < 4.78 is 4.93. The lowest BCUT2D eigenvalue weighted by Crippen LogP contribution is -2.22. The molecule has 1 amide bonds. The zero-order valence-electron chi connectivity index (χ0n) is 10.7. The van der Waals surface area contributed by atoms with Gasteiger partial charge in [-0.1, -0.05) is 12.1 Å². The van der Waals surface area contributed by atoms with Gasteiger partial charge in [0.1, 0.15) is 0 Å². The molecule has 0 heterocycles. The fourth-order valence-corrected chi connectivity index (χ4v) is 1.42. The molecular weight excluding hydrogens is 228 g/mol. The highest BCUT2D eigenvalue weighted by atomic mass is 16.5. The summed E-state index contributed by atoms with van der Waals surface area (Å²) in [5.74, 6) is -0.0794. The molecule has 1 aromatic rings. The lowest BCUT2D eigenvalue weighted by atomic mass is 10.2. The Morgan fingerprint density at radius 1 is 1.33 bits per heavy atom. The summed E-state index contributed by atoms with van der Waals surface area (Å²) in [6.45, 7) is 1.41. The van der Waals surface area contributed by atoms with Gasteiger partial charge in [-0.2, -0.15) is 0 Å². The zero-order chi connectivity index (χ0) is 13.2. The van der Waals surface area contributed by atoms with Crippen LogP contribution in [-0.2, 0) is 9.53 Å². The molecule has 98 valence electrons. The lowest BCUT2D eigenvalue weighted by molar-refractivity contribution is -0.116. The monoisotopic (exact) mass is 248 g/mol. The van der Waals surface area contributed by atoms with Crippen LogP contribution in [-0.4, -0.2) is 26.2 Å². The van der Waals surface area contributed by atoms with Gasteiger partial charge in [-0.25, -0.2) is 0 Å². The number of rotatable bonds is 7. The van der Waals surface area contributed by atoms with E-state index in [9.17, 15) is 4.79 Å². The maximum Gasteiger partial charge on any atom is 0.243 e. The van der Waals surface area contributed by atoms with Gasteiger partial charge < -0.3 is 15.8 Å². The van der Waals surface area contributed by atoms with E-state index in [1.54, 1.807) is 13.2 Å². The van der Waals surface area contributed by atoms with E-state index >= 15 is 0 Å². The van der Waals surface area contributed by atoms with Crippen molar-refractivity contribution in [2.75, 3.05) is 26.0 Å². The third-order valence-corrected chi connectivity index (χ3v) is 2.44. The molecule has 0 fully saturated rings. The minimum absolute atomic E-state index is 0.0794. The van der Waals surface area contributed by atoms with Crippen molar-refractivity contribution in [2.24, 2.45) is 0 Å². The van der Waals surface area contributed by atoms with Crippen molar-refractivity contribution in [2.45, 2.75) is 12.8 Å². The first kappa shape index (κ1) is 14.3. The molecule has 4 nitrogen and oxygen atoms in total. The molecule has 1 rings (SSSR count). The summed E-state index contributed by atoms with van der Waals surface area (Å²) in [6, 6.07) is 7.36. The fraction of sp³-hybridized carbons (Fsp3) is 0.357. The summed E-state index contributed by atoms with van der Waals surface area (Å²) in [5.41, 5.74) is 7.25. The van der Waals surface area contributed by atoms with E-state index in [1.165, 1.54) is 6.08 Å². The molecule has 0 aliphatic rings. The van der Waals surface area contributed by atoms with Crippen molar-refractivity contribution in [3.63, 3.8) is 0 Å². The van der Waals surface area contributed by atoms with Crippen molar-refractivity contribution >= 4 is 17.7 Å². The standard InChI is InChI=1S/C14H20N2O2/c1-18-11-3-2-10-16-14(17)9-6-12-4-7-13(15)8-5-12/h4-9H,2-3,10-11,15H2,1H3,(H,16,17)/b9-6+. The van der Waals surface area contributed by atoms with Crippen molar-refractivity contribution in [1.29, 1.82) is 0 Å². The number of methoxy groups -OCH3 is 1. The Labute approximate surface area is 108 Å². The first-order chi connectivity index (χ1) is 8.72. The SMILES string of the molecule is COCCCCNC(=O)/C=C/c1ccc(N)cc1. The number of nitrogens with two attached hydrogens (primary N) is 1. The molecule has 0 saturated carbocycles. The summed E-state index contributed by atoms with van der Waals surface area (Å²) >= 11 is 0. The predicted molar refractivity (Wildman–Crippen MR) is 74.0 cm³/mol. The first-order valence-electron chi connectivity index (χ1n) is 6.03. The van der Waals surface area contributed by atoms with Crippen molar-refractivity contribution < 1.29 is 9.53 Å². The number of unbranched alkanes of at least 4 members (excludes halogenated alkanes) is 1. The van der Waals surface area contributed by atoms with Crippen molar-refractivity contribution in [3.8, 4) is 0 Å². The average Bonchev–Trinajstić information content (AvgIpc) is 2.38. The molecular formula is C14H20N2O2. The van der Waals surface area contributed by atoms with E-state index in [2.05, 4.69) is 5.32 Å². The van der Waals surface area contributed by atoms with E-state index in [4.69, 9.17) is 10.5 Å². The largest absolute Gasteiger partial charge is 0.399 e. The topological polar surface area (TPSA) is 64.3 Å². The van der Waals surface area contributed by atoms with Gasteiger partial charge in [0, 0.05) is 32.0 Å². The van der Waals surface area contributed by atoms with E-state index in [1.807, 2.05) is 24.3 Å². The number of amides is 1. The van der Waals surface area contributed by atoms with Crippen LogP contribution in [0.15, 0.2) is 30.3 Å². The highest BCUT2D eigenvalue weighted by Crippen LogP contribution is 2.06. The quantitative estimate of drug-likeness (QED) is 0.439. The molecule has 3 N–H and O–H groups in total. The predicted octanol–water partition coefficient (Wildman–Crippen LogP) is 1.82. The highest BCUT2D eigenvalue weighted by Gasteiger charge is 1.94. The second-order valence-electron chi connectivity index (χ2n) is 3.99. The molecule has 0 atom stereocenters. The van der Waals surface area contributed by atoms with Crippen LogP contribution < -0.4 is 11.1 Å². The normalized spacial score (nSPS) is 10.7. The third-order valence-electron chi connectivity index (χ3n) is 2.44. The Bertz CT molecular complexity index is 385. The summed E-state index contributed by atoms with van der Waals surface area (Å²) in [6.07, 6.45) is 5.18. The molecule has 0 bridgehead atoms. The minimum Gasteiger partial charge on any atom is -0.399 e. The second-order valence-corrected chi connectivity index (χ2v) is 3.99. The first-order valence-corrected chi connectivity index (χ1v) is 6.03. The van der Waals surface area contributed by atoms with Gasteiger partial charge in [0.05, 0.1) is 0 Å². The summed E-state index contributed by atoms with van der Waals surface area (Å²) in [7, 11) is 1.67. The van der Waals surface area contributed by atoms with Gasteiger partial charge >= 0.3 is 0 Å². The lowest BCUT2D eigenvalue weighted by Gasteiger charge is -2.01. The van der Waals surface area contributed by atoms with Gasteiger partial charge in [-0.3, -0.25) is 4.79 Å². The molecule has 0 saturated heterocycles. The van der Waals surface area contributed by atoms with Crippen LogP contribution >= 0.6 is 0 Å². The van der Waals surface area contributed by atoms with Gasteiger partial charge in [0.2, 0.25) is 5.91 Å². The Balaban J connectivity index is 2.25. The van der Waals surface area contributed by atoms with Crippen molar-refractivity contribution in [1.82, 2.24) is 5.32 Å². The number of carbonyl (C=O) groups is 1. The number of ether oxygens (including phenoxy) is 1. The molecule has 4 heteroatoms. The molecule has 18 heavy (non-hydrogen) atoms. The van der Waals surface area contributed by atoms with Crippen LogP contribution in [0.25, 0.3) is 6.08 Å². The van der Waals surface area contributed by atoms with E-state index in [0.29, 0.717) is 6.54 Å². The number of nitrogen functional groups attached to an aromatic ring is 1. The van der Waals surface area contributed by atoms with Crippen LogP contribution in [0, 0.1) is 0 Å². The van der Waals surface area contributed by atoms with Crippen LogP contribution in [0.4, 0.5) is 5.69 Å². The van der Waals surface area contributed by atoms with Gasteiger partial charge in [-0.15, -0.1) is 0 Å². The Hall–Kier alpha value is -1.81. The summed E-state index contributed by atoms with van der Waals surface area (Å²) in [4.78, 5) is 11.5.